The van der Waals surface area contributed by atoms with Crippen molar-refractivity contribution in [2.75, 3.05) is 0 Å². The molecule has 200 valence electrons. The molecule has 6 nitrogen and oxygen atoms in total. The minimum Gasteiger partial charge on any atom is -0.334 e. The Hall–Kier alpha value is -4.13. The molecule has 0 bridgehead atoms. The van der Waals surface area contributed by atoms with Crippen molar-refractivity contribution in [2.24, 2.45) is 0 Å². The Morgan fingerprint density at radius 2 is 1.55 bits per heavy atom. The first-order chi connectivity index (χ1) is 19.3. The van der Waals surface area contributed by atoms with Crippen molar-refractivity contribution in [3.05, 3.63) is 140 Å². The van der Waals surface area contributed by atoms with Crippen LogP contribution in [0.5, 0.6) is 0 Å². The van der Waals surface area contributed by atoms with Crippen LogP contribution in [-0.4, -0.2) is 27.6 Å². The van der Waals surface area contributed by atoms with Gasteiger partial charge in [0.2, 0.25) is 0 Å². The highest BCUT2D eigenvalue weighted by atomic mass is 35.5. The highest BCUT2D eigenvalue weighted by Crippen LogP contribution is 2.39. The molecule has 2 heterocycles. The summed E-state index contributed by atoms with van der Waals surface area (Å²) in [6, 6.07) is 29.6. The Morgan fingerprint density at radius 1 is 0.925 bits per heavy atom. The van der Waals surface area contributed by atoms with Crippen LogP contribution in [0, 0.1) is 5.41 Å². The second kappa shape index (κ2) is 10.1. The number of carbonyl (C=O) groups excluding carboxylic acids is 2. The normalized spacial score (nSPS) is 17.6. The summed E-state index contributed by atoms with van der Waals surface area (Å²) in [4.78, 5) is 31.0. The van der Waals surface area contributed by atoms with Crippen LogP contribution >= 0.6 is 23.2 Å². The Bertz CT molecular complexity index is 1600. The number of hydrogen-bond acceptors (Lipinski definition) is 3. The van der Waals surface area contributed by atoms with Gasteiger partial charge in [0.05, 0.1) is 22.6 Å². The molecule has 0 radical (unpaired) electrons. The van der Waals surface area contributed by atoms with Crippen molar-refractivity contribution in [2.45, 2.75) is 31.6 Å². The van der Waals surface area contributed by atoms with Crippen LogP contribution < -0.4 is 5.32 Å². The number of hydrogen-bond donors (Lipinski definition) is 2. The van der Waals surface area contributed by atoms with E-state index in [9.17, 15) is 9.59 Å². The number of nitrogens with one attached hydrogen (secondary N) is 2. The smallest absolute Gasteiger partial charge is 0.264 e. The second-order valence-electron chi connectivity index (χ2n) is 10.1. The van der Waals surface area contributed by atoms with E-state index in [0.29, 0.717) is 22.2 Å². The maximum Gasteiger partial charge on any atom is 0.264 e. The highest BCUT2D eigenvalue weighted by molar-refractivity contribution is 6.42. The van der Waals surface area contributed by atoms with Crippen LogP contribution in [0.15, 0.2) is 97.1 Å². The Balaban J connectivity index is 1.28. The molecule has 0 aromatic heterocycles. The lowest BCUT2D eigenvalue weighted by atomic mass is 9.82. The first kappa shape index (κ1) is 26.1. The van der Waals surface area contributed by atoms with E-state index in [1.807, 2.05) is 91.9 Å². The molecule has 1 unspecified atom stereocenters. The molecule has 0 saturated carbocycles. The first-order valence-electron chi connectivity index (χ1n) is 13.0. The molecular weight excluding hydrogens is 543 g/mol. The predicted octanol–water partition coefficient (Wildman–Crippen LogP) is 6.52. The van der Waals surface area contributed by atoms with Crippen LogP contribution in [0.1, 0.15) is 51.1 Å². The summed E-state index contributed by atoms with van der Waals surface area (Å²) in [7, 11) is 0. The summed E-state index contributed by atoms with van der Waals surface area (Å²) < 4.78 is 0. The fourth-order valence-electron chi connectivity index (χ4n) is 5.70. The maximum absolute atomic E-state index is 14.1. The summed E-state index contributed by atoms with van der Waals surface area (Å²) in [6.45, 7) is 2.56. The molecule has 0 aliphatic carbocycles. The van der Waals surface area contributed by atoms with E-state index in [-0.39, 0.29) is 30.4 Å². The Kier molecular flexibility index (Phi) is 6.61. The van der Waals surface area contributed by atoms with Crippen molar-refractivity contribution in [3.63, 3.8) is 0 Å². The van der Waals surface area contributed by atoms with Crippen LogP contribution in [0.3, 0.4) is 0 Å². The van der Waals surface area contributed by atoms with Crippen molar-refractivity contribution >= 4 is 41.0 Å². The number of benzene rings is 4. The van der Waals surface area contributed by atoms with E-state index in [2.05, 4.69) is 5.32 Å². The molecule has 0 spiro atoms. The van der Waals surface area contributed by atoms with Crippen LogP contribution in [0.4, 0.5) is 0 Å². The SMILES string of the molecule is CC1c2cc(Cl)c(Cl)cc2CN1C(=O)c1cccc(CN2C(=N)NC(c3ccccc3)(c3ccccc3)C2=O)c1. The van der Waals surface area contributed by atoms with Gasteiger partial charge < -0.3 is 10.2 Å². The molecule has 1 fully saturated rings. The average Bonchev–Trinajstić information content (AvgIpc) is 3.42. The highest BCUT2D eigenvalue weighted by Gasteiger charge is 2.52. The first-order valence-corrected chi connectivity index (χ1v) is 13.7. The number of nitrogens with zero attached hydrogens (tertiary/aromatic N) is 2. The van der Waals surface area contributed by atoms with Gasteiger partial charge in [-0.25, -0.2) is 0 Å². The number of fused-ring (bicyclic) bond motifs is 1. The van der Waals surface area contributed by atoms with Gasteiger partial charge in [-0.15, -0.1) is 0 Å². The van der Waals surface area contributed by atoms with Gasteiger partial charge in [0.15, 0.2) is 11.5 Å². The molecule has 6 rings (SSSR count). The summed E-state index contributed by atoms with van der Waals surface area (Å²) in [5, 5.41) is 12.9. The number of amides is 2. The molecule has 40 heavy (non-hydrogen) atoms. The van der Waals surface area contributed by atoms with E-state index in [4.69, 9.17) is 28.6 Å². The van der Waals surface area contributed by atoms with E-state index in [1.165, 1.54) is 4.90 Å². The van der Waals surface area contributed by atoms with Gasteiger partial charge in [0.1, 0.15) is 0 Å². The average molecular weight is 569 g/mol. The van der Waals surface area contributed by atoms with Crippen LogP contribution in [-0.2, 0) is 23.4 Å². The fraction of sp³-hybridized carbons (Fsp3) is 0.156. The molecule has 4 aromatic carbocycles. The van der Waals surface area contributed by atoms with Gasteiger partial charge in [-0.05, 0) is 59.0 Å². The summed E-state index contributed by atoms with van der Waals surface area (Å²) in [5.41, 5.74) is 3.52. The van der Waals surface area contributed by atoms with Crippen LogP contribution in [0.25, 0.3) is 0 Å². The zero-order chi connectivity index (χ0) is 28.0. The monoisotopic (exact) mass is 568 g/mol. The third kappa shape index (κ3) is 4.24. The van der Waals surface area contributed by atoms with Crippen molar-refractivity contribution in [1.29, 1.82) is 5.41 Å². The molecule has 2 N–H and O–H groups in total. The lowest BCUT2D eigenvalue weighted by molar-refractivity contribution is -0.130. The number of halogens is 2. The minimum absolute atomic E-state index is 0.00630. The molecule has 2 aliphatic rings. The Morgan fingerprint density at radius 3 is 2.20 bits per heavy atom. The van der Waals surface area contributed by atoms with Gasteiger partial charge in [-0.2, -0.15) is 0 Å². The molecule has 2 amide bonds. The lowest BCUT2D eigenvalue weighted by Crippen LogP contribution is -2.45. The van der Waals surface area contributed by atoms with E-state index < -0.39 is 5.54 Å². The standard InChI is InChI=1S/C32H26Cl2N4O2/c1-20-26-17-28(34)27(33)16-23(26)19-37(20)29(39)22-10-8-9-21(15-22)18-38-30(40)32(36-31(38)35,24-11-4-2-5-12-24)25-13-6-3-7-14-25/h2-17,20H,18-19H2,1H3,(H2,35,36). The summed E-state index contributed by atoms with van der Waals surface area (Å²) >= 11 is 12.5. The maximum atomic E-state index is 14.1. The second-order valence-corrected chi connectivity index (χ2v) is 10.9. The zero-order valence-electron chi connectivity index (χ0n) is 21.7. The number of guanidine groups is 1. The summed E-state index contributed by atoms with van der Waals surface area (Å²) in [6.07, 6.45) is 0. The van der Waals surface area contributed by atoms with Gasteiger partial charge in [-0.3, -0.25) is 19.9 Å². The fourth-order valence-corrected chi connectivity index (χ4v) is 6.06. The van der Waals surface area contributed by atoms with E-state index in [0.717, 1.165) is 27.8 Å². The molecule has 8 heteroatoms. The largest absolute Gasteiger partial charge is 0.334 e. The van der Waals surface area contributed by atoms with Crippen LogP contribution in [0.2, 0.25) is 10.0 Å². The van der Waals surface area contributed by atoms with Gasteiger partial charge in [0, 0.05) is 12.1 Å². The minimum atomic E-state index is -1.22. The number of carbonyl (C=O) groups is 2. The van der Waals surface area contributed by atoms with Crippen molar-refractivity contribution in [3.8, 4) is 0 Å². The topological polar surface area (TPSA) is 76.5 Å². The van der Waals surface area contributed by atoms with Gasteiger partial charge in [0.25, 0.3) is 11.8 Å². The molecular formula is C32H26Cl2N4O2. The molecule has 1 saturated heterocycles. The van der Waals surface area contributed by atoms with Crippen molar-refractivity contribution in [1.82, 2.24) is 15.1 Å². The number of rotatable bonds is 5. The van der Waals surface area contributed by atoms with Crippen molar-refractivity contribution < 1.29 is 9.59 Å². The van der Waals surface area contributed by atoms with E-state index >= 15 is 0 Å². The van der Waals surface area contributed by atoms with Gasteiger partial charge in [-0.1, -0.05) is 96.0 Å². The predicted molar refractivity (Wildman–Crippen MR) is 156 cm³/mol. The molecule has 2 aliphatic heterocycles. The third-order valence-electron chi connectivity index (χ3n) is 7.77. The van der Waals surface area contributed by atoms with Gasteiger partial charge >= 0.3 is 0 Å². The Labute approximate surface area is 242 Å². The zero-order valence-corrected chi connectivity index (χ0v) is 23.2. The third-order valence-corrected chi connectivity index (χ3v) is 8.49. The molecule has 4 aromatic rings. The van der Waals surface area contributed by atoms with E-state index in [1.54, 1.807) is 17.0 Å². The molecule has 1 atom stereocenters. The summed E-state index contributed by atoms with van der Waals surface area (Å²) in [5.74, 6) is -0.363. The lowest BCUT2D eigenvalue weighted by Gasteiger charge is -2.28. The quantitative estimate of drug-likeness (QED) is 0.287.